The minimum atomic E-state index is -1.22. The average Bonchev–Trinajstić information content (AvgIpc) is 2.43. The van der Waals surface area contributed by atoms with Crippen LogP contribution in [-0.2, 0) is 14.2 Å². The van der Waals surface area contributed by atoms with E-state index in [0.29, 0.717) is 0 Å². The first-order chi connectivity index (χ1) is 9.55. The van der Waals surface area contributed by atoms with Gasteiger partial charge in [-0.1, -0.05) is 0 Å². The van der Waals surface area contributed by atoms with Crippen molar-refractivity contribution in [2.45, 2.75) is 55.8 Å². The Labute approximate surface area is 116 Å². The first kappa shape index (κ1) is 16.1. The van der Waals surface area contributed by atoms with Crippen molar-refractivity contribution in [2.75, 3.05) is 19.8 Å². The number of rotatable bonds is 4. The van der Waals surface area contributed by atoms with Crippen molar-refractivity contribution in [1.29, 1.82) is 0 Å². The minimum absolute atomic E-state index is 0.133. The Morgan fingerprint density at radius 3 is 2.35 bits per heavy atom. The van der Waals surface area contributed by atoms with Gasteiger partial charge < -0.3 is 39.7 Å². The highest BCUT2D eigenvalue weighted by Crippen LogP contribution is 2.25. The molecular formula is C12H22O8. The molecule has 0 amide bonds. The van der Waals surface area contributed by atoms with Gasteiger partial charge in [-0.3, -0.25) is 0 Å². The van der Waals surface area contributed by atoms with Crippen molar-refractivity contribution >= 4 is 0 Å². The van der Waals surface area contributed by atoms with Gasteiger partial charge in [0.25, 0.3) is 0 Å². The van der Waals surface area contributed by atoms with Crippen LogP contribution in [0.2, 0.25) is 0 Å². The van der Waals surface area contributed by atoms with E-state index >= 15 is 0 Å². The summed E-state index contributed by atoms with van der Waals surface area (Å²) in [4.78, 5) is 0. The smallest absolute Gasteiger partial charge is 0.186 e. The zero-order valence-electron chi connectivity index (χ0n) is 11.0. The average molecular weight is 294 g/mol. The third kappa shape index (κ3) is 3.66. The fourth-order valence-electron chi connectivity index (χ4n) is 2.44. The second-order valence-corrected chi connectivity index (χ2v) is 5.22. The predicted octanol–water partition coefficient (Wildman–Crippen LogP) is -2.66. The summed E-state index contributed by atoms with van der Waals surface area (Å²) in [7, 11) is 0. The molecule has 0 aromatic rings. The molecule has 8 nitrogen and oxygen atoms in total. The summed E-state index contributed by atoms with van der Waals surface area (Å²) in [5, 5.41) is 47.2. The van der Waals surface area contributed by atoms with Crippen molar-refractivity contribution in [1.82, 2.24) is 0 Å². The highest BCUT2D eigenvalue weighted by Gasteiger charge is 2.40. The number of hydrogen-bond donors (Lipinski definition) is 5. The van der Waals surface area contributed by atoms with Crippen molar-refractivity contribution < 1.29 is 39.7 Å². The van der Waals surface area contributed by atoms with Gasteiger partial charge in [0.15, 0.2) is 6.29 Å². The zero-order chi connectivity index (χ0) is 14.7. The van der Waals surface area contributed by atoms with Gasteiger partial charge in [-0.15, -0.1) is 0 Å². The van der Waals surface area contributed by atoms with Crippen LogP contribution in [0.4, 0.5) is 0 Å². The molecule has 2 saturated heterocycles. The van der Waals surface area contributed by atoms with Gasteiger partial charge in [-0.2, -0.15) is 0 Å². The van der Waals surface area contributed by atoms with Crippen LogP contribution in [0.5, 0.6) is 0 Å². The predicted molar refractivity (Wildman–Crippen MR) is 64.7 cm³/mol. The molecule has 0 radical (unpaired) electrons. The van der Waals surface area contributed by atoms with E-state index in [0.717, 1.165) is 0 Å². The molecule has 2 rings (SSSR count). The molecule has 0 aliphatic carbocycles. The van der Waals surface area contributed by atoms with Crippen LogP contribution in [-0.4, -0.2) is 88.3 Å². The Morgan fingerprint density at radius 2 is 1.75 bits per heavy atom. The lowest BCUT2D eigenvalue weighted by Gasteiger charge is -2.40. The summed E-state index contributed by atoms with van der Waals surface area (Å²) in [6, 6.07) is 0. The topological polar surface area (TPSA) is 129 Å². The van der Waals surface area contributed by atoms with Gasteiger partial charge in [-0.25, -0.2) is 0 Å². The number of aliphatic hydroxyl groups is 5. The molecule has 20 heavy (non-hydrogen) atoms. The molecule has 2 heterocycles. The second-order valence-electron chi connectivity index (χ2n) is 5.22. The molecule has 0 aromatic heterocycles. The van der Waals surface area contributed by atoms with Crippen LogP contribution < -0.4 is 0 Å². The molecule has 118 valence electrons. The summed E-state index contributed by atoms with van der Waals surface area (Å²) in [5.41, 5.74) is 0. The first-order valence-electron chi connectivity index (χ1n) is 6.73. The van der Waals surface area contributed by atoms with E-state index in [1.807, 2.05) is 0 Å². The highest BCUT2D eigenvalue weighted by molar-refractivity contribution is 4.84. The molecule has 0 unspecified atom stereocenters. The van der Waals surface area contributed by atoms with Gasteiger partial charge >= 0.3 is 0 Å². The minimum Gasteiger partial charge on any atom is -0.394 e. The van der Waals surface area contributed by atoms with Crippen LogP contribution >= 0.6 is 0 Å². The Bertz CT molecular complexity index is 301. The van der Waals surface area contributed by atoms with E-state index in [2.05, 4.69) is 0 Å². The van der Waals surface area contributed by atoms with Gasteiger partial charge in [0.05, 0.1) is 44.2 Å². The fourth-order valence-corrected chi connectivity index (χ4v) is 2.44. The normalized spacial score (nSPS) is 46.4. The SMILES string of the molecule is OC[C@H]1C[C@@H](O)[C@H](O)[C@@H](O[C@H]2CO[C@H](CO)[C@@H](O)C2)O1. The summed E-state index contributed by atoms with van der Waals surface area (Å²) in [6.07, 6.45) is -5.58. The zero-order valence-corrected chi connectivity index (χ0v) is 11.0. The Kier molecular flexibility index (Phi) is 5.70. The second kappa shape index (κ2) is 7.10. The maximum Gasteiger partial charge on any atom is 0.186 e. The van der Waals surface area contributed by atoms with Crippen molar-refractivity contribution in [3.05, 3.63) is 0 Å². The molecule has 2 aliphatic rings. The monoisotopic (exact) mass is 294 g/mol. The van der Waals surface area contributed by atoms with Gasteiger partial charge in [0.2, 0.25) is 0 Å². The molecular weight excluding hydrogens is 272 g/mol. The summed E-state index contributed by atoms with van der Waals surface area (Å²) >= 11 is 0. The van der Waals surface area contributed by atoms with Crippen molar-refractivity contribution in [2.24, 2.45) is 0 Å². The number of ether oxygens (including phenoxy) is 3. The van der Waals surface area contributed by atoms with Gasteiger partial charge in [0, 0.05) is 12.8 Å². The van der Waals surface area contributed by atoms with E-state index in [1.165, 1.54) is 0 Å². The van der Waals surface area contributed by atoms with E-state index in [4.69, 9.17) is 24.4 Å². The summed E-state index contributed by atoms with van der Waals surface area (Å²) in [5.74, 6) is 0. The number of hydrogen-bond acceptors (Lipinski definition) is 8. The van der Waals surface area contributed by atoms with Gasteiger partial charge in [-0.05, 0) is 0 Å². The largest absolute Gasteiger partial charge is 0.394 e. The quantitative estimate of drug-likeness (QED) is 0.380. The maximum absolute atomic E-state index is 9.82. The van der Waals surface area contributed by atoms with Crippen LogP contribution in [0.15, 0.2) is 0 Å². The van der Waals surface area contributed by atoms with Gasteiger partial charge in [0.1, 0.15) is 12.2 Å². The van der Waals surface area contributed by atoms with Crippen LogP contribution in [0, 0.1) is 0 Å². The summed E-state index contributed by atoms with van der Waals surface area (Å²) in [6.45, 7) is -0.406. The fraction of sp³-hybridized carbons (Fsp3) is 1.00. The summed E-state index contributed by atoms with van der Waals surface area (Å²) < 4.78 is 16.1. The standard InChI is InChI=1S/C12H22O8/c13-3-6-1-9(16)11(17)12(19-6)20-7-2-8(15)10(4-14)18-5-7/h6-17H,1-5H2/t6-,7-,8+,9-,10-,11+,12-/m1/s1. The highest BCUT2D eigenvalue weighted by atomic mass is 16.7. The van der Waals surface area contributed by atoms with Crippen molar-refractivity contribution in [3.63, 3.8) is 0 Å². The Hall–Kier alpha value is -0.320. The lowest BCUT2D eigenvalue weighted by Crippen LogP contribution is -2.53. The van der Waals surface area contributed by atoms with E-state index < -0.39 is 42.9 Å². The third-order valence-electron chi connectivity index (χ3n) is 3.64. The van der Waals surface area contributed by atoms with E-state index in [-0.39, 0.29) is 32.7 Å². The Morgan fingerprint density at radius 1 is 1.00 bits per heavy atom. The van der Waals surface area contributed by atoms with E-state index in [1.54, 1.807) is 0 Å². The van der Waals surface area contributed by atoms with E-state index in [9.17, 15) is 15.3 Å². The molecule has 5 N–H and O–H groups in total. The molecule has 2 aliphatic heterocycles. The molecule has 2 fully saturated rings. The molecule has 7 atom stereocenters. The molecule has 0 bridgehead atoms. The van der Waals surface area contributed by atoms with Crippen LogP contribution in [0.25, 0.3) is 0 Å². The molecule has 0 saturated carbocycles. The van der Waals surface area contributed by atoms with Crippen LogP contribution in [0.3, 0.4) is 0 Å². The lowest BCUT2D eigenvalue weighted by molar-refractivity contribution is -0.298. The molecule has 8 heteroatoms. The number of aliphatic hydroxyl groups excluding tert-OH is 5. The Balaban J connectivity index is 1.88. The van der Waals surface area contributed by atoms with Crippen LogP contribution in [0.1, 0.15) is 12.8 Å². The maximum atomic E-state index is 9.82. The molecule has 0 aromatic carbocycles. The lowest BCUT2D eigenvalue weighted by atomic mass is 10.0. The third-order valence-corrected chi connectivity index (χ3v) is 3.64. The first-order valence-corrected chi connectivity index (χ1v) is 6.73. The van der Waals surface area contributed by atoms with Crippen molar-refractivity contribution in [3.8, 4) is 0 Å². The molecule has 0 spiro atoms.